The van der Waals surface area contributed by atoms with Crippen LogP contribution in [0.5, 0.6) is 0 Å². The highest BCUT2D eigenvalue weighted by Gasteiger charge is 2.30. The highest BCUT2D eigenvalue weighted by atomic mass is 32.1. The third kappa shape index (κ3) is 2.63. The molecule has 0 aliphatic carbocycles. The molecule has 0 saturated carbocycles. The van der Waals surface area contributed by atoms with Crippen LogP contribution in [0.15, 0.2) is 12.1 Å². The monoisotopic (exact) mass is 240 g/mol. The zero-order chi connectivity index (χ0) is 11.6. The minimum absolute atomic E-state index is 0.144. The van der Waals surface area contributed by atoms with Gasteiger partial charge >= 0.3 is 0 Å². The Bertz CT molecular complexity index is 349. The van der Waals surface area contributed by atoms with Gasteiger partial charge in [-0.1, -0.05) is 0 Å². The lowest BCUT2D eigenvalue weighted by molar-refractivity contribution is -0.0548. The summed E-state index contributed by atoms with van der Waals surface area (Å²) in [6, 6.07) is 4.33. The van der Waals surface area contributed by atoms with E-state index in [9.17, 15) is 0 Å². The molecule has 0 unspecified atom stereocenters. The smallest absolute Gasteiger partial charge is 0.0645 e. The van der Waals surface area contributed by atoms with Crippen LogP contribution < -0.4 is 5.73 Å². The van der Waals surface area contributed by atoms with Crippen LogP contribution in [0, 0.1) is 0 Å². The molecular formula is C12H20N2OS. The van der Waals surface area contributed by atoms with Crippen LogP contribution in [0.4, 0.5) is 0 Å². The third-order valence-electron chi connectivity index (χ3n) is 3.08. The third-order valence-corrected chi connectivity index (χ3v) is 4.17. The largest absolute Gasteiger partial charge is 0.378 e. The second-order valence-corrected chi connectivity index (χ2v) is 6.11. The molecule has 1 aliphatic heterocycles. The van der Waals surface area contributed by atoms with E-state index in [-0.39, 0.29) is 5.54 Å². The molecule has 4 heteroatoms. The molecule has 2 heterocycles. The van der Waals surface area contributed by atoms with Crippen molar-refractivity contribution in [3.05, 3.63) is 21.9 Å². The summed E-state index contributed by atoms with van der Waals surface area (Å²) in [5.41, 5.74) is 5.77. The zero-order valence-corrected chi connectivity index (χ0v) is 10.8. The summed E-state index contributed by atoms with van der Waals surface area (Å²) in [7, 11) is 0. The van der Waals surface area contributed by atoms with Crippen molar-refractivity contribution in [3.63, 3.8) is 0 Å². The Kier molecular flexibility index (Phi) is 3.64. The van der Waals surface area contributed by atoms with Crippen molar-refractivity contribution < 1.29 is 4.74 Å². The molecular weight excluding hydrogens is 220 g/mol. The fourth-order valence-electron chi connectivity index (χ4n) is 1.99. The molecule has 0 aromatic carbocycles. The van der Waals surface area contributed by atoms with Crippen molar-refractivity contribution in [1.82, 2.24) is 4.90 Å². The van der Waals surface area contributed by atoms with Gasteiger partial charge in [0.2, 0.25) is 0 Å². The van der Waals surface area contributed by atoms with Crippen LogP contribution in [0.2, 0.25) is 0 Å². The summed E-state index contributed by atoms with van der Waals surface area (Å²) in [4.78, 5) is 5.15. The molecule has 1 saturated heterocycles. The molecule has 0 radical (unpaired) electrons. The standard InChI is InChI=1S/C12H20N2OS/c1-12(2)9-15-6-5-14(12)8-11-4-3-10(7-13)16-11/h3-4H,5-9,13H2,1-2H3. The van der Waals surface area contributed by atoms with Gasteiger partial charge in [0.05, 0.1) is 13.2 Å². The van der Waals surface area contributed by atoms with E-state index in [0.717, 1.165) is 26.3 Å². The Morgan fingerprint density at radius 2 is 2.19 bits per heavy atom. The van der Waals surface area contributed by atoms with E-state index >= 15 is 0 Å². The minimum atomic E-state index is 0.144. The number of morpholine rings is 1. The summed E-state index contributed by atoms with van der Waals surface area (Å²) in [6.45, 7) is 8.83. The van der Waals surface area contributed by atoms with Crippen LogP contribution in [0.3, 0.4) is 0 Å². The van der Waals surface area contributed by atoms with Gasteiger partial charge in [-0.3, -0.25) is 4.90 Å². The van der Waals surface area contributed by atoms with Crippen molar-refractivity contribution in [1.29, 1.82) is 0 Å². The van der Waals surface area contributed by atoms with E-state index in [4.69, 9.17) is 10.5 Å². The first-order valence-electron chi connectivity index (χ1n) is 5.72. The number of thiophene rings is 1. The Balaban J connectivity index is 2.02. The first-order valence-corrected chi connectivity index (χ1v) is 6.54. The molecule has 0 bridgehead atoms. The Hall–Kier alpha value is -0.420. The van der Waals surface area contributed by atoms with Crippen molar-refractivity contribution in [2.24, 2.45) is 5.73 Å². The number of ether oxygens (including phenoxy) is 1. The number of nitrogens with two attached hydrogens (primary N) is 1. The number of hydrogen-bond acceptors (Lipinski definition) is 4. The van der Waals surface area contributed by atoms with Gasteiger partial charge in [-0.2, -0.15) is 0 Å². The summed E-state index contributed by atoms with van der Waals surface area (Å²) in [6.07, 6.45) is 0. The molecule has 2 rings (SSSR count). The van der Waals surface area contributed by atoms with Gasteiger partial charge < -0.3 is 10.5 Å². The first kappa shape index (κ1) is 12.0. The zero-order valence-electron chi connectivity index (χ0n) is 10.0. The maximum Gasteiger partial charge on any atom is 0.0645 e. The summed E-state index contributed by atoms with van der Waals surface area (Å²) in [5.74, 6) is 0. The van der Waals surface area contributed by atoms with E-state index in [2.05, 4.69) is 30.9 Å². The summed E-state index contributed by atoms with van der Waals surface area (Å²) < 4.78 is 5.52. The quantitative estimate of drug-likeness (QED) is 0.876. The SMILES string of the molecule is CC1(C)COCCN1Cc1ccc(CN)s1. The van der Waals surface area contributed by atoms with Gasteiger partial charge in [-0.15, -0.1) is 11.3 Å². The van der Waals surface area contributed by atoms with Crippen LogP contribution in [0.25, 0.3) is 0 Å². The van der Waals surface area contributed by atoms with Crippen LogP contribution in [-0.2, 0) is 17.8 Å². The highest BCUT2D eigenvalue weighted by molar-refractivity contribution is 7.11. The Labute approximate surface area is 101 Å². The lowest BCUT2D eigenvalue weighted by Gasteiger charge is -2.41. The lowest BCUT2D eigenvalue weighted by Crippen LogP contribution is -2.52. The molecule has 90 valence electrons. The lowest BCUT2D eigenvalue weighted by atomic mass is 10.0. The average molecular weight is 240 g/mol. The molecule has 16 heavy (non-hydrogen) atoms. The maximum atomic E-state index is 5.63. The number of hydrogen-bond donors (Lipinski definition) is 1. The van der Waals surface area contributed by atoms with Crippen molar-refractivity contribution in [3.8, 4) is 0 Å². The molecule has 1 aliphatic rings. The predicted molar refractivity (Wildman–Crippen MR) is 67.5 cm³/mol. The van der Waals surface area contributed by atoms with Crippen molar-refractivity contribution in [2.75, 3.05) is 19.8 Å². The Morgan fingerprint density at radius 3 is 2.81 bits per heavy atom. The maximum absolute atomic E-state index is 5.63. The topological polar surface area (TPSA) is 38.5 Å². The Morgan fingerprint density at radius 1 is 1.44 bits per heavy atom. The second-order valence-electron chi connectivity index (χ2n) is 4.86. The molecule has 1 aromatic heterocycles. The first-order chi connectivity index (χ1) is 7.62. The second kappa shape index (κ2) is 4.84. The molecule has 3 nitrogen and oxygen atoms in total. The molecule has 2 N–H and O–H groups in total. The van der Waals surface area contributed by atoms with Gasteiger partial charge in [0.1, 0.15) is 0 Å². The summed E-state index contributed by atoms with van der Waals surface area (Å²) >= 11 is 1.82. The molecule has 1 fully saturated rings. The normalized spacial score (nSPS) is 21.2. The minimum Gasteiger partial charge on any atom is -0.378 e. The van der Waals surface area contributed by atoms with Gasteiger partial charge in [0, 0.05) is 34.9 Å². The van der Waals surface area contributed by atoms with Gasteiger partial charge in [-0.25, -0.2) is 0 Å². The van der Waals surface area contributed by atoms with Gasteiger partial charge in [0.25, 0.3) is 0 Å². The summed E-state index contributed by atoms with van der Waals surface area (Å²) in [5, 5.41) is 0. The van der Waals surface area contributed by atoms with E-state index in [1.165, 1.54) is 9.75 Å². The van der Waals surface area contributed by atoms with Gasteiger partial charge in [-0.05, 0) is 26.0 Å². The number of nitrogens with zero attached hydrogens (tertiary/aromatic N) is 1. The molecule has 0 atom stereocenters. The fourth-order valence-corrected chi connectivity index (χ4v) is 2.90. The molecule has 1 aromatic rings. The van der Waals surface area contributed by atoms with E-state index in [1.54, 1.807) is 0 Å². The van der Waals surface area contributed by atoms with Crippen molar-refractivity contribution >= 4 is 11.3 Å². The van der Waals surface area contributed by atoms with E-state index in [1.807, 2.05) is 11.3 Å². The highest BCUT2D eigenvalue weighted by Crippen LogP contribution is 2.24. The van der Waals surface area contributed by atoms with Crippen LogP contribution in [0.1, 0.15) is 23.6 Å². The van der Waals surface area contributed by atoms with Crippen LogP contribution >= 0.6 is 11.3 Å². The van der Waals surface area contributed by atoms with Gasteiger partial charge in [0.15, 0.2) is 0 Å². The van der Waals surface area contributed by atoms with Crippen LogP contribution in [-0.4, -0.2) is 30.2 Å². The average Bonchev–Trinajstić information content (AvgIpc) is 2.69. The van der Waals surface area contributed by atoms with E-state index in [0.29, 0.717) is 6.54 Å². The fraction of sp³-hybridized carbons (Fsp3) is 0.667. The predicted octanol–water partition coefficient (Wildman–Crippen LogP) is 1.82. The number of rotatable bonds is 3. The molecule has 0 spiro atoms. The van der Waals surface area contributed by atoms with Crippen molar-refractivity contribution in [2.45, 2.75) is 32.5 Å². The molecule has 0 amide bonds. The van der Waals surface area contributed by atoms with E-state index < -0.39 is 0 Å².